The van der Waals surface area contributed by atoms with Crippen LogP contribution in [0, 0.1) is 0 Å². The Kier molecular flexibility index (Phi) is 5.69. The second kappa shape index (κ2) is 6.55. The Balaban J connectivity index is 2.33. The fraction of sp³-hybridized carbons (Fsp3) is 1.00. The maximum absolute atomic E-state index is 5.16. The lowest BCUT2D eigenvalue weighted by atomic mass is 9.96. The van der Waals surface area contributed by atoms with Gasteiger partial charge in [0.05, 0.1) is 0 Å². The number of methoxy groups -OCH3 is 2. The molecule has 4 nitrogen and oxygen atoms in total. The van der Waals surface area contributed by atoms with Crippen LogP contribution in [0.25, 0.3) is 0 Å². The lowest BCUT2D eigenvalue weighted by molar-refractivity contribution is -0.0996. The highest BCUT2D eigenvalue weighted by Crippen LogP contribution is 2.32. The first-order valence-corrected chi connectivity index (χ1v) is 6.08. The molecular weight excluding hydrogens is 204 g/mol. The van der Waals surface area contributed by atoms with Crippen LogP contribution in [0.4, 0.5) is 0 Å². The second-order valence-electron chi connectivity index (χ2n) is 4.86. The number of likely N-dealkylation sites (N-methyl/N-ethyl adjacent to an activating group) is 1. The van der Waals surface area contributed by atoms with Crippen molar-refractivity contribution in [2.75, 3.05) is 41.4 Å². The first kappa shape index (κ1) is 13.9. The standard InChI is InChI=1S/C12H26N2O2/c1-14(2)12(7-5-6-8-12)10-13-9-11(15-3)16-4/h11,13H,5-10H2,1-4H3. The fourth-order valence-corrected chi connectivity index (χ4v) is 2.50. The van der Waals surface area contributed by atoms with Crippen molar-refractivity contribution >= 4 is 0 Å². The summed E-state index contributed by atoms with van der Waals surface area (Å²) in [7, 11) is 7.70. The Morgan fingerprint density at radius 1 is 1.19 bits per heavy atom. The highest BCUT2D eigenvalue weighted by molar-refractivity contribution is 4.94. The van der Waals surface area contributed by atoms with Crippen LogP contribution in [0.3, 0.4) is 0 Å². The molecule has 0 aromatic carbocycles. The van der Waals surface area contributed by atoms with E-state index in [1.54, 1.807) is 14.2 Å². The zero-order valence-electron chi connectivity index (χ0n) is 11.1. The third-order valence-electron chi connectivity index (χ3n) is 3.77. The van der Waals surface area contributed by atoms with Crippen molar-refractivity contribution in [3.05, 3.63) is 0 Å². The molecule has 0 aromatic heterocycles. The summed E-state index contributed by atoms with van der Waals surface area (Å²) in [5, 5.41) is 3.46. The number of hydrogen-bond acceptors (Lipinski definition) is 4. The molecule has 0 bridgehead atoms. The van der Waals surface area contributed by atoms with Crippen molar-refractivity contribution in [3.63, 3.8) is 0 Å². The highest BCUT2D eigenvalue weighted by Gasteiger charge is 2.35. The van der Waals surface area contributed by atoms with Crippen LogP contribution < -0.4 is 5.32 Å². The zero-order valence-corrected chi connectivity index (χ0v) is 11.1. The van der Waals surface area contributed by atoms with Gasteiger partial charge in [-0.1, -0.05) is 12.8 Å². The summed E-state index contributed by atoms with van der Waals surface area (Å²) in [5.74, 6) is 0. The first-order chi connectivity index (χ1) is 7.64. The summed E-state index contributed by atoms with van der Waals surface area (Å²) in [6, 6.07) is 0. The summed E-state index contributed by atoms with van der Waals surface area (Å²) in [5.41, 5.74) is 0.339. The Hall–Kier alpha value is -0.160. The number of nitrogens with one attached hydrogen (secondary N) is 1. The normalized spacial score (nSPS) is 19.9. The van der Waals surface area contributed by atoms with Gasteiger partial charge in [0, 0.05) is 32.8 Å². The van der Waals surface area contributed by atoms with E-state index >= 15 is 0 Å². The first-order valence-electron chi connectivity index (χ1n) is 6.08. The van der Waals surface area contributed by atoms with Gasteiger partial charge in [0.15, 0.2) is 6.29 Å². The molecule has 0 radical (unpaired) electrons. The molecule has 0 spiro atoms. The SMILES string of the molecule is COC(CNCC1(N(C)C)CCCC1)OC. The molecule has 1 aliphatic rings. The largest absolute Gasteiger partial charge is 0.355 e. The average Bonchev–Trinajstić information content (AvgIpc) is 2.74. The van der Waals surface area contributed by atoms with Gasteiger partial charge in [0.1, 0.15) is 0 Å². The van der Waals surface area contributed by atoms with E-state index in [1.807, 2.05) is 0 Å². The molecule has 0 unspecified atom stereocenters. The molecule has 1 rings (SSSR count). The van der Waals surface area contributed by atoms with Gasteiger partial charge in [-0.15, -0.1) is 0 Å². The van der Waals surface area contributed by atoms with Crippen molar-refractivity contribution in [3.8, 4) is 0 Å². The van der Waals surface area contributed by atoms with E-state index in [4.69, 9.17) is 9.47 Å². The lowest BCUT2D eigenvalue weighted by Gasteiger charge is -2.37. The quantitative estimate of drug-likeness (QED) is 0.663. The molecule has 1 saturated carbocycles. The van der Waals surface area contributed by atoms with Crippen LogP contribution in [-0.4, -0.2) is 58.1 Å². The van der Waals surface area contributed by atoms with Gasteiger partial charge < -0.3 is 19.7 Å². The molecule has 4 heteroatoms. The van der Waals surface area contributed by atoms with Crippen LogP contribution in [0.15, 0.2) is 0 Å². The van der Waals surface area contributed by atoms with Gasteiger partial charge in [-0.25, -0.2) is 0 Å². The molecule has 0 aliphatic heterocycles. The summed E-state index contributed by atoms with van der Waals surface area (Å²) in [6.45, 7) is 1.77. The van der Waals surface area contributed by atoms with Gasteiger partial charge in [-0.3, -0.25) is 0 Å². The molecule has 1 N–H and O–H groups in total. The van der Waals surface area contributed by atoms with Crippen LogP contribution in [-0.2, 0) is 9.47 Å². The molecule has 96 valence electrons. The third kappa shape index (κ3) is 3.42. The Bertz CT molecular complexity index is 187. The van der Waals surface area contributed by atoms with Gasteiger partial charge in [0.2, 0.25) is 0 Å². The van der Waals surface area contributed by atoms with Crippen molar-refractivity contribution < 1.29 is 9.47 Å². The summed E-state index contributed by atoms with van der Waals surface area (Å²) < 4.78 is 10.3. The van der Waals surface area contributed by atoms with Crippen molar-refractivity contribution in [2.24, 2.45) is 0 Å². The minimum Gasteiger partial charge on any atom is -0.355 e. The van der Waals surface area contributed by atoms with Crippen molar-refractivity contribution in [1.29, 1.82) is 0 Å². The van der Waals surface area contributed by atoms with E-state index in [0.29, 0.717) is 5.54 Å². The molecule has 0 aromatic rings. The summed E-state index contributed by atoms with van der Waals surface area (Å²) >= 11 is 0. The van der Waals surface area contributed by atoms with Crippen LogP contribution in [0.5, 0.6) is 0 Å². The van der Waals surface area contributed by atoms with E-state index in [2.05, 4.69) is 24.3 Å². The van der Waals surface area contributed by atoms with E-state index in [9.17, 15) is 0 Å². The van der Waals surface area contributed by atoms with Crippen LogP contribution in [0.2, 0.25) is 0 Å². The van der Waals surface area contributed by atoms with Crippen molar-refractivity contribution in [2.45, 2.75) is 37.5 Å². The predicted octanol–water partition coefficient (Wildman–Crippen LogP) is 1.07. The molecule has 1 fully saturated rings. The van der Waals surface area contributed by atoms with Gasteiger partial charge >= 0.3 is 0 Å². The van der Waals surface area contributed by atoms with Crippen molar-refractivity contribution in [1.82, 2.24) is 10.2 Å². The molecule has 0 saturated heterocycles. The maximum atomic E-state index is 5.16. The number of ether oxygens (including phenoxy) is 2. The Morgan fingerprint density at radius 3 is 2.19 bits per heavy atom. The minimum atomic E-state index is -0.138. The summed E-state index contributed by atoms with van der Waals surface area (Å²) in [6.07, 6.45) is 5.13. The molecular formula is C12H26N2O2. The van der Waals surface area contributed by atoms with Crippen LogP contribution in [0.1, 0.15) is 25.7 Å². The second-order valence-corrected chi connectivity index (χ2v) is 4.86. The lowest BCUT2D eigenvalue weighted by Crippen LogP contribution is -2.50. The number of nitrogens with zero attached hydrogens (tertiary/aromatic N) is 1. The van der Waals surface area contributed by atoms with E-state index in [-0.39, 0.29) is 6.29 Å². The third-order valence-corrected chi connectivity index (χ3v) is 3.77. The Labute approximate surface area is 99.3 Å². The average molecular weight is 230 g/mol. The number of rotatable bonds is 7. The molecule has 0 amide bonds. The van der Waals surface area contributed by atoms with E-state index in [0.717, 1.165) is 13.1 Å². The van der Waals surface area contributed by atoms with Gasteiger partial charge in [-0.05, 0) is 26.9 Å². The van der Waals surface area contributed by atoms with Gasteiger partial charge in [-0.2, -0.15) is 0 Å². The molecule has 0 heterocycles. The number of hydrogen-bond donors (Lipinski definition) is 1. The highest BCUT2D eigenvalue weighted by atomic mass is 16.7. The van der Waals surface area contributed by atoms with Gasteiger partial charge in [0.25, 0.3) is 0 Å². The molecule has 0 atom stereocenters. The fourth-order valence-electron chi connectivity index (χ4n) is 2.50. The maximum Gasteiger partial charge on any atom is 0.169 e. The minimum absolute atomic E-state index is 0.138. The predicted molar refractivity (Wildman–Crippen MR) is 65.6 cm³/mol. The monoisotopic (exact) mass is 230 g/mol. The van der Waals surface area contributed by atoms with Crippen LogP contribution >= 0.6 is 0 Å². The van der Waals surface area contributed by atoms with E-state index < -0.39 is 0 Å². The molecule has 16 heavy (non-hydrogen) atoms. The summed E-state index contributed by atoms with van der Waals surface area (Å²) in [4.78, 5) is 2.36. The topological polar surface area (TPSA) is 33.7 Å². The molecule has 1 aliphatic carbocycles. The van der Waals surface area contributed by atoms with E-state index in [1.165, 1.54) is 25.7 Å². The smallest absolute Gasteiger partial charge is 0.169 e. The Morgan fingerprint density at radius 2 is 1.75 bits per heavy atom. The zero-order chi connectivity index (χ0) is 12.0.